The lowest BCUT2D eigenvalue weighted by Crippen LogP contribution is -2.12. The maximum Gasteiger partial charge on any atom is 0.122 e. The molecule has 0 heterocycles. The van der Waals surface area contributed by atoms with Crippen molar-refractivity contribution in [3.05, 3.63) is 28.8 Å². The van der Waals surface area contributed by atoms with E-state index in [9.17, 15) is 9.90 Å². The second kappa shape index (κ2) is 6.47. The van der Waals surface area contributed by atoms with E-state index < -0.39 is 0 Å². The highest BCUT2D eigenvalue weighted by atomic mass is 32.2. The minimum Gasteiger partial charge on any atom is -0.507 e. The van der Waals surface area contributed by atoms with E-state index in [-0.39, 0.29) is 5.41 Å². The lowest BCUT2D eigenvalue weighted by Gasteiger charge is -2.23. The largest absolute Gasteiger partial charge is 0.507 e. The molecular formula is C16H24O2S. The number of carbonyl (C=O) groups excluding carboxylic acids is 1. The molecule has 0 bridgehead atoms. The van der Waals surface area contributed by atoms with E-state index in [1.807, 2.05) is 13.0 Å². The molecule has 1 atom stereocenters. The molecule has 0 saturated carbocycles. The van der Waals surface area contributed by atoms with E-state index in [1.165, 1.54) is 5.56 Å². The predicted molar refractivity (Wildman–Crippen MR) is 83.0 cm³/mol. The standard InChI is InChI=1S/C16H24O2S/c1-11-8-13(10-19-12(2)6-7-17)9-14(15(11)18)16(3,4)5/h7-9,12,18H,6,10H2,1-5H3. The van der Waals surface area contributed by atoms with Crippen molar-refractivity contribution < 1.29 is 9.90 Å². The molecule has 0 aliphatic rings. The van der Waals surface area contributed by atoms with Crippen LogP contribution in [0.2, 0.25) is 0 Å². The van der Waals surface area contributed by atoms with Crippen molar-refractivity contribution in [1.82, 2.24) is 0 Å². The van der Waals surface area contributed by atoms with Crippen molar-refractivity contribution in [3.63, 3.8) is 0 Å². The highest BCUT2D eigenvalue weighted by molar-refractivity contribution is 7.99. The number of aromatic hydroxyl groups is 1. The molecule has 0 radical (unpaired) electrons. The van der Waals surface area contributed by atoms with E-state index >= 15 is 0 Å². The number of carbonyl (C=O) groups is 1. The minimum atomic E-state index is -0.0655. The van der Waals surface area contributed by atoms with Gasteiger partial charge in [-0.3, -0.25) is 0 Å². The highest BCUT2D eigenvalue weighted by Crippen LogP contribution is 2.35. The van der Waals surface area contributed by atoms with Crippen LogP contribution in [-0.2, 0) is 16.0 Å². The highest BCUT2D eigenvalue weighted by Gasteiger charge is 2.20. The summed E-state index contributed by atoms with van der Waals surface area (Å²) in [5.41, 5.74) is 3.06. The van der Waals surface area contributed by atoms with E-state index in [4.69, 9.17) is 0 Å². The van der Waals surface area contributed by atoms with Crippen molar-refractivity contribution in [3.8, 4) is 5.75 Å². The molecule has 106 valence electrons. The molecule has 2 nitrogen and oxygen atoms in total. The van der Waals surface area contributed by atoms with Gasteiger partial charge in [-0.05, 0) is 29.0 Å². The van der Waals surface area contributed by atoms with Gasteiger partial charge in [0.05, 0.1) is 0 Å². The monoisotopic (exact) mass is 280 g/mol. The predicted octanol–water partition coefficient (Wildman–Crippen LogP) is 4.21. The van der Waals surface area contributed by atoms with Crippen LogP contribution in [-0.4, -0.2) is 16.6 Å². The van der Waals surface area contributed by atoms with Crippen LogP contribution in [0.15, 0.2) is 12.1 Å². The summed E-state index contributed by atoms with van der Waals surface area (Å²) >= 11 is 1.78. The molecule has 0 saturated heterocycles. The molecule has 1 unspecified atom stereocenters. The van der Waals surface area contributed by atoms with Gasteiger partial charge in [0, 0.05) is 17.4 Å². The Morgan fingerprint density at radius 3 is 2.53 bits per heavy atom. The Morgan fingerprint density at radius 2 is 2.00 bits per heavy atom. The van der Waals surface area contributed by atoms with Crippen LogP contribution in [0.1, 0.15) is 50.8 Å². The third-order valence-electron chi connectivity index (χ3n) is 3.13. The van der Waals surface area contributed by atoms with Crippen molar-refractivity contribution >= 4 is 18.0 Å². The zero-order chi connectivity index (χ0) is 14.6. The van der Waals surface area contributed by atoms with Gasteiger partial charge in [-0.1, -0.05) is 39.8 Å². The van der Waals surface area contributed by atoms with Crippen molar-refractivity contribution in [2.75, 3.05) is 0 Å². The quantitative estimate of drug-likeness (QED) is 0.821. The van der Waals surface area contributed by atoms with Crippen molar-refractivity contribution in [2.45, 2.75) is 57.5 Å². The summed E-state index contributed by atoms with van der Waals surface area (Å²) in [4.78, 5) is 10.5. The van der Waals surface area contributed by atoms with E-state index in [0.29, 0.717) is 17.4 Å². The van der Waals surface area contributed by atoms with Gasteiger partial charge in [0.15, 0.2) is 0 Å². The first-order valence-corrected chi connectivity index (χ1v) is 7.68. The zero-order valence-corrected chi connectivity index (χ0v) is 13.3. The summed E-state index contributed by atoms with van der Waals surface area (Å²) in [5.74, 6) is 1.28. The van der Waals surface area contributed by atoms with E-state index in [2.05, 4.69) is 33.8 Å². The topological polar surface area (TPSA) is 37.3 Å². The maximum atomic E-state index is 10.5. The summed E-state index contributed by atoms with van der Waals surface area (Å²) in [7, 11) is 0. The van der Waals surface area contributed by atoms with E-state index in [0.717, 1.165) is 23.2 Å². The van der Waals surface area contributed by atoms with Crippen molar-refractivity contribution in [2.24, 2.45) is 0 Å². The summed E-state index contributed by atoms with van der Waals surface area (Å²) in [6.07, 6.45) is 1.56. The molecule has 19 heavy (non-hydrogen) atoms. The van der Waals surface area contributed by atoms with Crippen LogP contribution >= 0.6 is 11.8 Å². The lowest BCUT2D eigenvalue weighted by atomic mass is 9.84. The summed E-state index contributed by atoms with van der Waals surface area (Å²) in [5, 5.41) is 10.5. The number of aryl methyl sites for hydroxylation is 1. The van der Waals surface area contributed by atoms with Gasteiger partial charge in [-0.2, -0.15) is 11.8 Å². The molecule has 0 aliphatic carbocycles. The van der Waals surface area contributed by atoms with Crippen LogP contribution in [0.3, 0.4) is 0 Å². The Morgan fingerprint density at radius 1 is 1.37 bits per heavy atom. The van der Waals surface area contributed by atoms with E-state index in [1.54, 1.807) is 11.8 Å². The van der Waals surface area contributed by atoms with Crippen molar-refractivity contribution in [1.29, 1.82) is 0 Å². The number of benzene rings is 1. The Hall–Kier alpha value is -0.960. The van der Waals surface area contributed by atoms with Crippen LogP contribution in [0.5, 0.6) is 5.75 Å². The fraction of sp³-hybridized carbons (Fsp3) is 0.562. The molecule has 1 rings (SSSR count). The normalized spacial score (nSPS) is 13.3. The van der Waals surface area contributed by atoms with Gasteiger partial charge in [0.2, 0.25) is 0 Å². The molecule has 0 amide bonds. The molecule has 3 heteroatoms. The molecule has 0 fully saturated rings. The lowest BCUT2D eigenvalue weighted by molar-refractivity contribution is -0.107. The van der Waals surface area contributed by atoms with Gasteiger partial charge in [0.1, 0.15) is 12.0 Å². The number of thioether (sulfide) groups is 1. The maximum absolute atomic E-state index is 10.5. The third kappa shape index (κ3) is 4.57. The fourth-order valence-corrected chi connectivity index (χ4v) is 2.81. The number of phenolic OH excluding ortho intramolecular Hbond substituents is 1. The Labute approximate surface area is 120 Å². The second-order valence-electron chi connectivity index (χ2n) is 6.08. The molecular weight excluding hydrogens is 256 g/mol. The summed E-state index contributed by atoms with van der Waals surface area (Å²) in [6.45, 7) is 10.3. The first kappa shape index (κ1) is 16.1. The summed E-state index contributed by atoms with van der Waals surface area (Å²) < 4.78 is 0. The smallest absolute Gasteiger partial charge is 0.122 e. The van der Waals surface area contributed by atoms with Gasteiger partial charge in [-0.15, -0.1) is 0 Å². The SMILES string of the molecule is Cc1cc(CSC(C)CC=O)cc(C(C)(C)C)c1O. The molecule has 0 aliphatic heterocycles. The number of hydrogen-bond acceptors (Lipinski definition) is 3. The summed E-state index contributed by atoms with van der Waals surface area (Å²) in [6, 6.07) is 4.12. The molecule has 1 N–H and O–H groups in total. The third-order valence-corrected chi connectivity index (χ3v) is 4.39. The van der Waals surface area contributed by atoms with Gasteiger partial charge in [0.25, 0.3) is 0 Å². The molecule has 0 spiro atoms. The number of phenols is 1. The first-order valence-electron chi connectivity index (χ1n) is 6.64. The molecule has 1 aromatic rings. The number of rotatable bonds is 5. The number of aldehydes is 1. The average Bonchev–Trinajstić information content (AvgIpc) is 2.29. The first-order chi connectivity index (χ1) is 8.75. The minimum absolute atomic E-state index is 0.0655. The van der Waals surface area contributed by atoms with Gasteiger partial charge in [-0.25, -0.2) is 0 Å². The van der Waals surface area contributed by atoms with Gasteiger partial charge >= 0.3 is 0 Å². The fourth-order valence-electron chi connectivity index (χ4n) is 1.95. The van der Waals surface area contributed by atoms with Crippen LogP contribution in [0.4, 0.5) is 0 Å². The zero-order valence-electron chi connectivity index (χ0n) is 12.5. The van der Waals surface area contributed by atoms with Crippen LogP contribution in [0.25, 0.3) is 0 Å². The van der Waals surface area contributed by atoms with Crippen LogP contribution in [0, 0.1) is 6.92 Å². The van der Waals surface area contributed by atoms with Gasteiger partial charge < -0.3 is 9.90 Å². The number of hydrogen-bond donors (Lipinski definition) is 1. The second-order valence-corrected chi connectivity index (χ2v) is 7.51. The molecule has 0 aromatic heterocycles. The van der Waals surface area contributed by atoms with Crippen LogP contribution < -0.4 is 0 Å². The Bertz CT molecular complexity index is 447. The Balaban J connectivity index is 2.92. The average molecular weight is 280 g/mol. The Kier molecular flexibility index (Phi) is 5.48. The molecule has 1 aromatic carbocycles.